The molecular weight excluding hydrogens is 568 g/mol. The van der Waals surface area contributed by atoms with Crippen LogP contribution in [0, 0.1) is 0 Å². The molecule has 11 nitrogen and oxygen atoms in total. The molecule has 218 valence electrons. The molecular formula is C28H33ClN6O5S. The first kappa shape index (κ1) is 30.4. The predicted octanol–water partition coefficient (Wildman–Crippen LogP) is 2.72. The highest BCUT2D eigenvalue weighted by Gasteiger charge is 2.29. The number of rotatable bonds is 11. The van der Waals surface area contributed by atoms with E-state index in [1.807, 2.05) is 23.1 Å². The minimum absolute atomic E-state index is 0.128. The number of piperazine rings is 1. The van der Waals surface area contributed by atoms with Crippen LogP contribution in [0.3, 0.4) is 0 Å². The Morgan fingerprint density at radius 2 is 1.76 bits per heavy atom. The van der Waals surface area contributed by atoms with E-state index in [9.17, 15) is 18.0 Å². The third kappa shape index (κ3) is 7.80. The van der Waals surface area contributed by atoms with E-state index in [2.05, 4.69) is 15.6 Å². The number of carbonyl (C=O) groups excluding carboxylic acids is 2. The Morgan fingerprint density at radius 1 is 1.02 bits per heavy atom. The highest BCUT2D eigenvalue weighted by molar-refractivity contribution is 7.89. The van der Waals surface area contributed by atoms with Crippen molar-refractivity contribution in [1.82, 2.24) is 14.6 Å². The summed E-state index contributed by atoms with van der Waals surface area (Å²) in [6.45, 7) is 3.22. The molecule has 3 aromatic rings. The molecule has 0 unspecified atom stereocenters. The van der Waals surface area contributed by atoms with Crippen LogP contribution in [0.25, 0.3) is 0 Å². The molecule has 0 saturated carbocycles. The fraction of sp³-hybridized carbons (Fsp3) is 0.321. The van der Waals surface area contributed by atoms with E-state index in [1.54, 1.807) is 24.3 Å². The molecule has 1 aliphatic rings. The van der Waals surface area contributed by atoms with Crippen LogP contribution < -0.4 is 21.3 Å². The number of pyridine rings is 1. The summed E-state index contributed by atoms with van der Waals surface area (Å²) in [5, 5.41) is 6.26. The maximum Gasteiger partial charge on any atom is 0.338 e. The maximum atomic E-state index is 13.3. The van der Waals surface area contributed by atoms with Crippen molar-refractivity contribution in [3.8, 4) is 0 Å². The number of amides is 1. The topological polar surface area (TPSA) is 147 Å². The molecule has 2 heterocycles. The van der Waals surface area contributed by atoms with Crippen molar-refractivity contribution in [1.29, 1.82) is 0 Å². The molecule has 4 N–H and O–H groups in total. The number of nitrogens with one attached hydrogen (secondary N) is 2. The molecule has 0 bridgehead atoms. The van der Waals surface area contributed by atoms with Gasteiger partial charge in [-0.25, -0.2) is 18.2 Å². The van der Waals surface area contributed by atoms with Crippen LogP contribution in [0.5, 0.6) is 0 Å². The molecule has 0 spiro atoms. The van der Waals surface area contributed by atoms with Crippen LogP contribution in [-0.2, 0) is 21.3 Å². The summed E-state index contributed by atoms with van der Waals surface area (Å²) < 4.78 is 32.8. The van der Waals surface area contributed by atoms with Crippen LogP contribution in [-0.4, -0.2) is 76.0 Å². The Labute approximate surface area is 244 Å². The van der Waals surface area contributed by atoms with E-state index < -0.39 is 16.0 Å². The molecule has 1 aromatic heterocycles. The molecule has 1 aliphatic heterocycles. The van der Waals surface area contributed by atoms with Crippen LogP contribution in [0.15, 0.2) is 65.6 Å². The van der Waals surface area contributed by atoms with Crippen LogP contribution in [0.4, 0.5) is 11.5 Å². The summed E-state index contributed by atoms with van der Waals surface area (Å²) in [4.78, 5) is 31.0. The van der Waals surface area contributed by atoms with E-state index in [0.29, 0.717) is 43.2 Å². The molecule has 0 aliphatic carbocycles. The second-order valence-electron chi connectivity index (χ2n) is 9.42. The number of hydrogen-bond donors (Lipinski definition) is 3. The van der Waals surface area contributed by atoms with E-state index in [0.717, 1.165) is 18.5 Å². The van der Waals surface area contributed by atoms with Gasteiger partial charge in [0.05, 0.1) is 17.6 Å². The van der Waals surface area contributed by atoms with Crippen molar-refractivity contribution in [3.63, 3.8) is 0 Å². The van der Waals surface area contributed by atoms with Gasteiger partial charge in [0.15, 0.2) is 0 Å². The van der Waals surface area contributed by atoms with Crippen LogP contribution in [0.1, 0.15) is 32.7 Å². The fourth-order valence-electron chi connectivity index (χ4n) is 4.38. The number of aromatic nitrogens is 1. The minimum atomic E-state index is -3.76. The predicted molar refractivity (Wildman–Crippen MR) is 158 cm³/mol. The molecule has 13 heteroatoms. The van der Waals surface area contributed by atoms with Gasteiger partial charge in [0.25, 0.3) is 5.91 Å². The van der Waals surface area contributed by atoms with E-state index in [-0.39, 0.29) is 34.6 Å². The van der Waals surface area contributed by atoms with Gasteiger partial charge in [-0.05, 0) is 73.6 Å². The van der Waals surface area contributed by atoms with Gasteiger partial charge >= 0.3 is 5.97 Å². The summed E-state index contributed by atoms with van der Waals surface area (Å²) in [6.07, 6.45) is 0.877. The van der Waals surface area contributed by atoms with Gasteiger partial charge in [-0.15, -0.1) is 0 Å². The van der Waals surface area contributed by atoms with Gasteiger partial charge in [-0.3, -0.25) is 4.79 Å². The standard InChI is InChI=1S/C28H33ClN6O5S/c1-40-28(37)22-17-25(29)33-26(18-22)34-12-14-35(15-13-34)41(38,39)24-8-6-23(7-9-24)32-27(36)21-5-2-4-20(16-21)19-31-11-3-10-30/h2,4-9,16-18,31H,3,10-15,19,30H2,1H3,(H,32,36). The van der Waals surface area contributed by atoms with Gasteiger partial charge in [0.2, 0.25) is 10.0 Å². The Kier molecular flexibility index (Phi) is 10.3. The molecule has 0 atom stereocenters. The van der Waals surface area contributed by atoms with Crippen molar-refractivity contribution in [2.24, 2.45) is 5.73 Å². The lowest BCUT2D eigenvalue weighted by Gasteiger charge is -2.34. The van der Waals surface area contributed by atoms with Crippen LogP contribution >= 0.6 is 11.6 Å². The van der Waals surface area contributed by atoms with Gasteiger partial charge in [-0.1, -0.05) is 23.7 Å². The molecule has 1 amide bonds. The smallest absolute Gasteiger partial charge is 0.338 e. The summed E-state index contributed by atoms with van der Waals surface area (Å²) >= 11 is 6.08. The number of benzene rings is 2. The zero-order valence-corrected chi connectivity index (χ0v) is 24.2. The average molecular weight is 601 g/mol. The second-order valence-corrected chi connectivity index (χ2v) is 11.7. The number of sulfonamides is 1. The second kappa shape index (κ2) is 13.9. The Balaban J connectivity index is 1.36. The number of esters is 1. The lowest BCUT2D eigenvalue weighted by Crippen LogP contribution is -2.49. The van der Waals surface area contributed by atoms with E-state index in [1.165, 1.54) is 29.6 Å². The molecule has 2 aromatic carbocycles. The first-order valence-electron chi connectivity index (χ1n) is 13.1. The molecule has 4 rings (SSSR count). The number of nitrogens with zero attached hydrogens (tertiary/aromatic N) is 3. The molecule has 0 radical (unpaired) electrons. The minimum Gasteiger partial charge on any atom is -0.465 e. The Bertz CT molecular complexity index is 1480. The lowest BCUT2D eigenvalue weighted by molar-refractivity contribution is 0.0600. The third-order valence-corrected chi connectivity index (χ3v) is 8.70. The number of nitrogens with two attached hydrogens (primary N) is 1. The van der Waals surface area contributed by atoms with Crippen molar-refractivity contribution in [3.05, 3.63) is 82.5 Å². The average Bonchev–Trinajstić information content (AvgIpc) is 2.99. The Morgan fingerprint density at radius 3 is 2.44 bits per heavy atom. The number of anilines is 2. The summed E-state index contributed by atoms with van der Waals surface area (Å²) in [5.41, 5.74) is 7.75. The highest BCUT2D eigenvalue weighted by Crippen LogP contribution is 2.24. The monoisotopic (exact) mass is 600 g/mol. The number of halogens is 1. The molecule has 1 fully saturated rings. The fourth-order valence-corrected chi connectivity index (χ4v) is 6.01. The van der Waals surface area contributed by atoms with Gasteiger partial charge in [-0.2, -0.15) is 4.31 Å². The first-order chi connectivity index (χ1) is 19.7. The molecule has 41 heavy (non-hydrogen) atoms. The quantitative estimate of drug-likeness (QED) is 0.172. The van der Waals surface area contributed by atoms with Crippen molar-refractivity contribution in [2.45, 2.75) is 17.9 Å². The maximum absolute atomic E-state index is 13.3. The normalized spacial score (nSPS) is 14.1. The summed E-state index contributed by atoms with van der Waals surface area (Å²) in [5.74, 6) is -0.342. The first-order valence-corrected chi connectivity index (χ1v) is 14.9. The summed E-state index contributed by atoms with van der Waals surface area (Å²) in [7, 11) is -2.48. The number of methoxy groups -OCH3 is 1. The number of ether oxygens (including phenoxy) is 1. The zero-order chi connectivity index (χ0) is 29.4. The van der Waals surface area contributed by atoms with Crippen molar-refractivity contribution < 1.29 is 22.7 Å². The van der Waals surface area contributed by atoms with Gasteiger partial charge in [0, 0.05) is 44.0 Å². The largest absolute Gasteiger partial charge is 0.465 e. The third-order valence-electron chi connectivity index (χ3n) is 6.59. The molecule has 1 saturated heterocycles. The van der Waals surface area contributed by atoms with Crippen molar-refractivity contribution >= 4 is 45.0 Å². The van der Waals surface area contributed by atoms with Crippen molar-refractivity contribution in [2.75, 3.05) is 56.6 Å². The van der Waals surface area contributed by atoms with E-state index >= 15 is 0 Å². The Hall–Kier alpha value is -3.55. The highest BCUT2D eigenvalue weighted by atomic mass is 35.5. The zero-order valence-electron chi connectivity index (χ0n) is 22.7. The van der Waals surface area contributed by atoms with Gasteiger partial charge in [0.1, 0.15) is 11.0 Å². The summed E-state index contributed by atoms with van der Waals surface area (Å²) in [6, 6.07) is 16.4. The SMILES string of the molecule is COC(=O)c1cc(Cl)nc(N2CCN(S(=O)(=O)c3ccc(NC(=O)c4cccc(CNCCCN)c4)cc3)CC2)c1. The van der Waals surface area contributed by atoms with E-state index in [4.69, 9.17) is 22.1 Å². The number of hydrogen-bond acceptors (Lipinski definition) is 9. The van der Waals surface area contributed by atoms with Crippen LogP contribution in [0.2, 0.25) is 5.15 Å². The number of carbonyl (C=O) groups is 2. The lowest BCUT2D eigenvalue weighted by atomic mass is 10.1. The van der Waals surface area contributed by atoms with Gasteiger partial charge < -0.3 is 26.0 Å².